The lowest BCUT2D eigenvalue weighted by molar-refractivity contribution is -0.116. The normalized spacial score (nSPS) is 18.9. The van der Waals surface area contributed by atoms with E-state index in [0.717, 1.165) is 25.9 Å². The lowest BCUT2D eigenvalue weighted by Crippen LogP contribution is -2.15. The Kier molecular flexibility index (Phi) is 4.87. The number of nitrogens with one attached hydrogen (secondary N) is 1. The SMILES string of the molecule is O=C(CC[C@H]1CCCO1)Nc1ccc(Cl)c(Cl)c1. The summed E-state index contributed by atoms with van der Waals surface area (Å²) in [5, 5.41) is 3.72. The van der Waals surface area contributed by atoms with Crippen molar-refractivity contribution in [3.8, 4) is 0 Å². The summed E-state index contributed by atoms with van der Waals surface area (Å²) in [5.74, 6) is -0.0242. The Morgan fingerprint density at radius 3 is 2.89 bits per heavy atom. The van der Waals surface area contributed by atoms with Crippen molar-refractivity contribution in [3.63, 3.8) is 0 Å². The molecule has 1 aromatic carbocycles. The maximum Gasteiger partial charge on any atom is 0.224 e. The van der Waals surface area contributed by atoms with Crippen molar-refractivity contribution in [1.29, 1.82) is 0 Å². The molecule has 0 radical (unpaired) electrons. The summed E-state index contributed by atoms with van der Waals surface area (Å²) in [6, 6.07) is 5.05. The van der Waals surface area contributed by atoms with E-state index in [9.17, 15) is 4.79 Å². The van der Waals surface area contributed by atoms with Crippen LogP contribution in [-0.4, -0.2) is 18.6 Å². The summed E-state index contributed by atoms with van der Waals surface area (Å²) >= 11 is 11.7. The van der Waals surface area contributed by atoms with Crippen LogP contribution in [0.15, 0.2) is 18.2 Å². The fourth-order valence-corrected chi connectivity index (χ4v) is 2.26. The highest BCUT2D eigenvalue weighted by atomic mass is 35.5. The molecule has 1 N–H and O–H groups in total. The van der Waals surface area contributed by atoms with Crippen molar-refractivity contribution in [3.05, 3.63) is 28.2 Å². The molecule has 1 saturated heterocycles. The Hall–Kier alpha value is -0.770. The van der Waals surface area contributed by atoms with Crippen LogP contribution >= 0.6 is 23.2 Å². The molecule has 0 unspecified atom stereocenters. The molecular formula is C13H15Cl2NO2. The van der Waals surface area contributed by atoms with E-state index in [1.54, 1.807) is 18.2 Å². The van der Waals surface area contributed by atoms with Crippen molar-refractivity contribution in [2.24, 2.45) is 0 Å². The van der Waals surface area contributed by atoms with Gasteiger partial charge in [0.2, 0.25) is 5.91 Å². The fraction of sp³-hybridized carbons (Fsp3) is 0.462. The van der Waals surface area contributed by atoms with Gasteiger partial charge in [-0.15, -0.1) is 0 Å². The average molecular weight is 288 g/mol. The highest BCUT2D eigenvalue weighted by Crippen LogP contribution is 2.25. The van der Waals surface area contributed by atoms with Gasteiger partial charge < -0.3 is 10.1 Å². The molecule has 1 amide bonds. The molecule has 0 saturated carbocycles. The molecule has 0 spiro atoms. The van der Waals surface area contributed by atoms with E-state index in [-0.39, 0.29) is 12.0 Å². The molecular weight excluding hydrogens is 273 g/mol. The number of carbonyl (C=O) groups excluding carboxylic acids is 1. The van der Waals surface area contributed by atoms with Crippen LogP contribution in [0.2, 0.25) is 10.0 Å². The second-order valence-electron chi connectivity index (χ2n) is 4.35. The topological polar surface area (TPSA) is 38.3 Å². The molecule has 0 aromatic heterocycles. The van der Waals surface area contributed by atoms with Gasteiger partial charge in [-0.3, -0.25) is 4.79 Å². The Bertz CT molecular complexity index is 431. The maximum atomic E-state index is 11.7. The zero-order valence-electron chi connectivity index (χ0n) is 9.92. The zero-order valence-corrected chi connectivity index (χ0v) is 11.4. The molecule has 5 heteroatoms. The number of rotatable bonds is 4. The number of hydrogen-bond acceptors (Lipinski definition) is 2. The van der Waals surface area contributed by atoms with Gasteiger partial charge in [0.1, 0.15) is 0 Å². The Balaban J connectivity index is 1.80. The monoisotopic (exact) mass is 287 g/mol. The van der Waals surface area contributed by atoms with Gasteiger partial charge >= 0.3 is 0 Å². The standard InChI is InChI=1S/C13H15Cl2NO2/c14-11-5-3-9(8-12(11)15)16-13(17)6-4-10-2-1-7-18-10/h3,5,8,10H,1-2,4,6-7H2,(H,16,17)/t10-/m1/s1. The number of carbonyl (C=O) groups is 1. The molecule has 98 valence electrons. The summed E-state index contributed by atoms with van der Waals surface area (Å²) in [6.45, 7) is 0.819. The Morgan fingerprint density at radius 1 is 1.39 bits per heavy atom. The van der Waals surface area contributed by atoms with Gasteiger partial charge in [-0.05, 0) is 37.5 Å². The molecule has 3 nitrogen and oxygen atoms in total. The van der Waals surface area contributed by atoms with Gasteiger partial charge in [0.05, 0.1) is 16.1 Å². The first kappa shape index (κ1) is 13.7. The second-order valence-corrected chi connectivity index (χ2v) is 5.17. The van der Waals surface area contributed by atoms with Crippen LogP contribution in [-0.2, 0) is 9.53 Å². The predicted octanol–water partition coefficient (Wildman–Crippen LogP) is 3.89. The van der Waals surface area contributed by atoms with Crippen LogP contribution in [0.5, 0.6) is 0 Å². The van der Waals surface area contributed by atoms with E-state index in [1.165, 1.54) is 0 Å². The molecule has 1 aliphatic rings. The molecule has 1 heterocycles. The van der Waals surface area contributed by atoms with Crippen LogP contribution in [0.3, 0.4) is 0 Å². The molecule has 0 bridgehead atoms. The number of hydrogen-bond donors (Lipinski definition) is 1. The molecule has 1 aromatic rings. The third-order valence-electron chi connectivity index (χ3n) is 2.92. The number of halogens is 2. The van der Waals surface area contributed by atoms with Crippen LogP contribution in [0.1, 0.15) is 25.7 Å². The summed E-state index contributed by atoms with van der Waals surface area (Å²) in [7, 11) is 0. The Labute approximate surface area is 116 Å². The minimum Gasteiger partial charge on any atom is -0.378 e. The van der Waals surface area contributed by atoms with Crippen LogP contribution < -0.4 is 5.32 Å². The molecule has 2 rings (SSSR count). The van der Waals surface area contributed by atoms with Gasteiger partial charge in [0.15, 0.2) is 0 Å². The first-order chi connectivity index (χ1) is 8.65. The van der Waals surface area contributed by atoms with Crippen molar-refractivity contribution >= 4 is 34.8 Å². The lowest BCUT2D eigenvalue weighted by Gasteiger charge is -2.09. The quantitative estimate of drug-likeness (QED) is 0.912. The summed E-state index contributed by atoms with van der Waals surface area (Å²) < 4.78 is 5.47. The second kappa shape index (κ2) is 6.41. The van der Waals surface area contributed by atoms with Crippen molar-refractivity contribution in [2.75, 3.05) is 11.9 Å². The smallest absolute Gasteiger partial charge is 0.224 e. The van der Waals surface area contributed by atoms with Crippen molar-refractivity contribution in [1.82, 2.24) is 0 Å². The van der Waals surface area contributed by atoms with Gasteiger partial charge in [0, 0.05) is 18.7 Å². The van der Waals surface area contributed by atoms with E-state index in [1.807, 2.05) is 0 Å². The highest BCUT2D eigenvalue weighted by molar-refractivity contribution is 6.42. The lowest BCUT2D eigenvalue weighted by atomic mass is 10.1. The number of benzene rings is 1. The zero-order chi connectivity index (χ0) is 13.0. The van der Waals surface area contributed by atoms with Crippen LogP contribution in [0.25, 0.3) is 0 Å². The third kappa shape index (κ3) is 3.87. The van der Waals surface area contributed by atoms with Crippen molar-refractivity contribution in [2.45, 2.75) is 31.8 Å². The summed E-state index contributed by atoms with van der Waals surface area (Å²) in [6.07, 6.45) is 3.63. The van der Waals surface area contributed by atoms with E-state index in [2.05, 4.69) is 5.32 Å². The minimum atomic E-state index is -0.0242. The fourth-order valence-electron chi connectivity index (χ4n) is 1.96. The average Bonchev–Trinajstić information content (AvgIpc) is 2.84. The number of ether oxygens (including phenoxy) is 1. The highest BCUT2D eigenvalue weighted by Gasteiger charge is 2.16. The first-order valence-corrected chi connectivity index (χ1v) is 6.77. The number of anilines is 1. The van der Waals surface area contributed by atoms with Gasteiger partial charge in [-0.1, -0.05) is 23.2 Å². The predicted molar refractivity (Wildman–Crippen MR) is 73.3 cm³/mol. The molecule has 18 heavy (non-hydrogen) atoms. The minimum absolute atomic E-state index is 0.0242. The van der Waals surface area contributed by atoms with Crippen LogP contribution in [0, 0.1) is 0 Å². The van der Waals surface area contributed by atoms with Crippen molar-refractivity contribution < 1.29 is 9.53 Å². The Morgan fingerprint density at radius 2 is 2.22 bits per heavy atom. The molecule has 1 aliphatic heterocycles. The van der Waals surface area contributed by atoms with Gasteiger partial charge in [-0.2, -0.15) is 0 Å². The van der Waals surface area contributed by atoms with Gasteiger partial charge in [-0.25, -0.2) is 0 Å². The van der Waals surface area contributed by atoms with E-state index >= 15 is 0 Å². The molecule has 0 aliphatic carbocycles. The van der Waals surface area contributed by atoms with E-state index < -0.39 is 0 Å². The van der Waals surface area contributed by atoms with Gasteiger partial charge in [0.25, 0.3) is 0 Å². The largest absolute Gasteiger partial charge is 0.378 e. The number of amides is 1. The first-order valence-electron chi connectivity index (χ1n) is 6.01. The van der Waals surface area contributed by atoms with E-state index in [4.69, 9.17) is 27.9 Å². The third-order valence-corrected chi connectivity index (χ3v) is 3.66. The summed E-state index contributed by atoms with van der Waals surface area (Å²) in [5.41, 5.74) is 0.668. The maximum absolute atomic E-state index is 11.7. The van der Waals surface area contributed by atoms with E-state index in [0.29, 0.717) is 22.2 Å². The molecule has 1 fully saturated rings. The summed E-state index contributed by atoms with van der Waals surface area (Å²) in [4.78, 5) is 11.7. The molecule has 1 atom stereocenters. The van der Waals surface area contributed by atoms with Crippen LogP contribution in [0.4, 0.5) is 5.69 Å².